The van der Waals surface area contributed by atoms with E-state index in [2.05, 4.69) is 5.32 Å². The van der Waals surface area contributed by atoms with Crippen molar-refractivity contribution in [2.45, 2.75) is 58.9 Å². The van der Waals surface area contributed by atoms with Crippen molar-refractivity contribution in [3.05, 3.63) is 23.8 Å². The van der Waals surface area contributed by atoms with Crippen LogP contribution in [0.1, 0.15) is 46.1 Å². The normalized spacial score (nSPS) is 15.7. The summed E-state index contributed by atoms with van der Waals surface area (Å²) in [6.45, 7) is 8.02. The number of fused-ring (bicyclic) bond motifs is 1. The molecule has 0 fully saturated rings. The lowest BCUT2D eigenvalue weighted by Gasteiger charge is -2.32. The Morgan fingerprint density at radius 1 is 1.35 bits per heavy atom. The largest absolute Gasteiger partial charge is 0.475 e. The van der Waals surface area contributed by atoms with Gasteiger partial charge in [0.2, 0.25) is 5.91 Å². The number of carbonyl (C=O) groups excluding carboxylic acids is 1. The molecule has 0 spiro atoms. The number of amides is 1. The summed E-state index contributed by atoms with van der Waals surface area (Å²) in [6, 6.07) is 5.80. The molecule has 1 heterocycles. The number of aliphatic hydroxyl groups is 1. The van der Waals surface area contributed by atoms with Crippen LogP contribution in [-0.2, 0) is 11.2 Å². The van der Waals surface area contributed by atoms with Crippen LogP contribution in [0.2, 0.25) is 0 Å². The van der Waals surface area contributed by atoms with E-state index in [1.165, 1.54) is 0 Å². The predicted molar refractivity (Wildman–Crippen MR) is 94.2 cm³/mol. The van der Waals surface area contributed by atoms with Crippen molar-refractivity contribution in [3.8, 4) is 5.75 Å². The zero-order valence-corrected chi connectivity index (χ0v) is 15.1. The molecule has 130 valence electrons. The Labute approximate surface area is 144 Å². The predicted octanol–water partition coefficient (Wildman–Crippen LogP) is 2.84. The van der Waals surface area contributed by atoms with Crippen LogP contribution >= 0.6 is 12.4 Å². The molecule has 1 amide bonds. The molecule has 2 rings (SSSR count). The number of hydrogen-bond acceptors (Lipinski definition) is 4. The number of anilines is 1. The van der Waals surface area contributed by atoms with Gasteiger partial charge in [-0.05, 0) is 45.7 Å². The molecule has 5 nitrogen and oxygen atoms in total. The topological polar surface area (TPSA) is 61.8 Å². The fraction of sp³-hybridized carbons (Fsp3) is 0.588. The fourth-order valence-electron chi connectivity index (χ4n) is 2.78. The second kappa shape index (κ2) is 7.99. The zero-order valence-electron chi connectivity index (χ0n) is 14.3. The van der Waals surface area contributed by atoms with Crippen LogP contribution in [0.5, 0.6) is 5.75 Å². The molecular formula is C17H27ClN2O3. The Hall–Kier alpha value is -1.30. The van der Waals surface area contributed by atoms with Gasteiger partial charge in [0.25, 0.3) is 0 Å². The van der Waals surface area contributed by atoms with Crippen molar-refractivity contribution < 1.29 is 14.6 Å². The van der Waals surface area contributed by atoms with E-state index in [0.717, 1.165) is 23.4 Å². The average molecular weight is 343 g/mol. The first-order valence-electron chi connectivity index (χ1n) is 7.94. The van der Waals surface area contributed by atoms with Crippen LogP contribution in [0.25, 0.3) is 0 Å². The van der Waals surface area contributed by atoms with E-state index < -0.39 is 5.72 Å². The second-order valence-corrected chi connectivity index (χ2v) is 6.11. The summed E-state index contributed by atoms with van der Waals surface area (Å²) in [5.41, 5.74) is 1.01. The van der Waals surface area contributed by atoms with Crippen molar-refractivity contribution in [1.82, 2.24) is 5.32 Å². The van der Waals surface area contributed by atoms with Crippen molar-refractivity contribution in [2.24, 2.45) is 0 Å². The van der Waals surface area contributed by atoms with Gasteiger partial charge in [-0.15, -0.1) is 12.4 Å². The molecular weight excluding hydrogens is 316 g/mol. The Morgan fingerprint density at radius 2 is 2.04 bits per heavy atom. The van der Waals surface area contributed by atoms with E-state index in [1.54, 1.807) is 18.7 Å². The van der Waals surface area contributed by atoms with Gasteiger partial charge < -0.3 is 14.7 Å². The molecule has 1 aromatic carbocycles. The van der Waals surface area contributed by atoms with Crippen LogP contribution in [0.15, 0.2) is 18.2 Å². The standard InChI is InChI=1S/C17H26N2O3.ClH/c1-5-15(18-17(3,4)21)22-14-9-7-8-13-12(14)10-11-16(20)19(13)6-2;/h7-9,15,18,21H,5-6,10-11H2,1-4H3;1H. The Bertz CT molecular complexity index is 543. The van der Waals surface area contributed by atoms with Gasteiger partial charge >= 0.3 is 0 Å². The third-order valence-corrected chi connectivity index (χ3v) is 3.76. The molecule has 1 aromatic rings. The summed E-state index contributed by atoms with van der Waals surface area (Å²) in [6.07, 6.45) is 1.65. The highest BCUT2D eigenvalue weighted by Gasteiger charge is 2.26. The molecule has 6 heteroatoms. The molecule has 1 aliphatic rings. The van der Waals surface area contributed by atoms with Crippen molar-refractivity contribution in [3.63, 3.8) is 0 Å². The minimum Gasteiger partial charge on any atom is -0.475 e. The molecule has 2 N–H and O–H groups in total. The first-order chi connectivity index (χ1) is 10.4. The van der Waals surface area contributed by atoms with Gasteiger partial charge in [-0.3, -0.25) is 10.1 Å². The van der Waals surface area contributed by atoms with Gasteiger partial charge in [-0.1, -0.05) is 13.0 Å². The molecule has 0 radical (unpaired) electrons. The van der Waals surface area contributed by atoms with Gasteiger partial charge in [-0.2, -0.15) is 0 Å². The van der Waals surface area contributed by atoms with Crippen LogP contribution in [-0.4, -0.2) is 29.5 Å². The molecule has 1 unspecified atom stereocenters. The molecule has 0 aliphatic carbocycles. The molecule has 0 aromatic heterocycles. The maximum atomic E-state index is 12.0. The summed E-state index contributed by atoms with van der Waals surface area (Å²) in [5.74, 6) is 0.945. The molecule has 0 bridgehead atoms. The van der Waals surface area contributed by atoms with E-state index in [1.807, 2.05) is 32.0 Å². The van der Waals surface area contributed by atoms with E-state index in [4.69, 9.17) is 4.74 Å². The highest BCUT2D eigenvalue weighted by Crippen LogP contribution is 2.35. The quantitative estimate of drug-likeness (QED) is 0.780. The number of halogens is 1. The SMILES string of the molecule is CCC(NC(C)(C)O)Oc1cccc2c1CCC(=O)N2CC.Cl. The van der Waals surface area contributed by atoms with Crippen molar-refractivity contribution in [1.29, 1.82) is 0 Å². The first-order valence-corrected chi connectivity index (χ1v) is 7.94. The van der Waals surface area contributed by atoms with E-state index in [-0.39, 0.29) is 24.5 Å². The molecule has 0 saturated carbocycles. The highest BCUT2D eigenvalue weighted by atomic mass is 35.5. The maximum absolute atomic E-state index is 12.0. The summed E-state index contributed by atoms with van der Waals surface area (Å²) in [7, 11) is 0. The van der Waals surface area contributed by atoms with Crippen LogP contribution < -0.4 is 15.0 Å². The van der Waals surface area contributed by atoms with Crippen LogP contribution in [0.4, 0.5) is 5.69 Å². The average Bonchev–Trinajstić information content (AvgIpc) is 2.45. The number of nitrogens with zero attached hydrogens (tertiary/aromatic N) is 1. The summed E-state index contributed by atoms with van der Waals surface area (Å²) >= 11 is 0. The van der Waals surface area contributed by atoms with E-state index >= 15 is 0 Å². The lowest BCUT2D eigenvalue weighted by molar-refractivity contribution is -0.118. The van der Waals surface area contributed by atoms with Crippen molar-refractivity contribution >= 4 is 24.0 Å². The minimum atomic E-state index is -0.999. The number of carbonyl (C=O) groups is 1. The third kappa shape index (κ3) is 4.83. The fourth-order valence-corrected chi connectivity index (χ4v) is 2.78. The third-order valence-electron chi connectivity index (χ3n) is 3.76. The summed E-state index contributed by atoms with van der Waals surface area (Å²) in [5, 5.41) is 13.0. The number of nitrogens with one attached hydrogen (secondary N) is 1. The smallest absolute Gasteiger partial charge is 0.227 e. The molecule has 1 aliphatic heterocycles. The number of hydrogen-bond donors (Lipinski definition) is 2. The lowest BCUT2D eigenvalue weighted by Crippen LogP contribution is -2.48. The molecule has 0 saturated heterocycles. The second-order valence-electron chi connectivity index (χ2n) is 6.11. The zero-order chi connectivity index (χ0) is 16.3. The number of ether oxygens (including phenoxy) is 1. The van der Waals surface area contributed by atoms with Crippen LogP contribution in [0, 0.1) is 0 Å². The van der Waals surface area contributed by atoms with E-state index in [0.29, 0.717) is 19.4 Å². The lowest BCUT2D eigenvalue weighted by atomic mass is 10.00. The Morgan fingerprint density at radius 3 is 2.61 bits per heavy atom. The van der Waals surface area contributed by atoms with Gasteiger partial charge in [0.1, 0.15) is 11.5 Å². The summed E-state index contributed by atoms with van der Waals surface area (Å²) in [4.78, 5) is 13.8. The van der Waals surface area contributed by atoms with Crippen molar-refractivity contribution in [2.75, 3.05) is 11.4 Å². The van der Waals surface area contributed by atoms with Gasteiger partial charge in [0, 0.05) is 18.5 Å². The highest BCUT2D eigenvalue weighted by molar-refractivity contribution is 5.96. The Kier molecular flexibility index (Phi) is 6.86. The van der Waals surface area contributed by atoms with Gasteiger partial charge in [0.05, 0.1) is 5.69 Å². The molecule has 23 heavy (non-hydrogen) atoms. The summed E-state index contributed by atoms with van der Waals surface area (Å²) < 4.78 is 6.06. The Balaban J connectivity index is 0.00000264. The number of rotatable bonds is 6. The maximum Gasteiger partial charge on any atom is 0.227 e. The molecule has 1 atom stereocenters. The first kappa shape index (κ1) is 19.7. The minimum absolute atomic E-state index is 0. The van der Waals surface area contributed by atoms with Gasteiger partial charge in [0.15, 0.2) is 6.23 Å². The number of benzene rings is 1. The van der Waals surface area contributed by atoms with Crippen LogP contribution in [0.3, 0.4) is 0 Å². The van der Waals surface area contributed by atoms with Gasteiger partial charge in [-0.25, -0.2) is 0 Å². The van der Waals surface area contributed by atoms with E-state index in [9.17, 15) is 9.90 Å². The monoisotopic (exact) mass is 342 g/mol.